The number of aromatic nitrogens is 9. The predicted octanol–water partition coefficient (Wildman–Crippen LogP) is 31.5. The van der Waals surface area contributed by atoms with Crippen LogP contribution in [-0.2, 0) is 34.0 Å². The Balaban J connectivity index is 0.000000164. The third-order valence-corrected chi connectivity index (χ3v) is 27.0. The lowest BCUT2D eigenvalue weighted by atomic mass is 9.92. The van der Waals surface area contributed by atoms with Gasteiger partial charge in [-0.3, -0.25) is 0 Å². The van der Waals surface area contributed by atoms with Crippen molar-refractivity contribution in [3.05, 3.63) is 235 Å². The predicted molar refractivity (Wildman–Crippen MR) is 562 cm³/mol. The number of unbranched alkanes of at least 4 members (excludes halogenated alkanes) is 6. The van der Waals surface area contributed by atoms with Crippen molar-refractivity contribution < 1.29 is 43.7 Å². The SMILES string of the molecule is CCCCC(CC)COc1nc(-c2ccc(COC(CC)CCCC)cc2O)nc(-c2c3ccccc3cc3ccccc23)n1.CCCCC(CC)COc1nc(-c2ccc(COC(CC)CCCC)cc2O)nc(-c2cc3ccccc3c3ccccc23)n1.CCCCC(CC)COc1nc(-c2ccc(COC(CC)CCCC)cc2O)nc(-c2ccc3ccc4cccc5ccc2c3c45)n1. The maximum absolute atomic E-state index is 11.3. The van der Waals surface area contributed by atoms with E-state index < -0.39 is 0 Å². The van der Waals surface area contributed by atoms with Crippen LogP contribution >= 0.6 is 0 Å². The fourth-order valence-corrected chi connectivity index (χ4v) is 18.4. The number of hydrogen-bond acceptors (Lipinski definition) is 18. The Bertz CT molecular complexity index is 6500. The van der Waals surface area contributed by atoms with E-state index in [2.05, 4.69) is 210 Å². The summed E-state index contributed by atoms with van der Waals surface area (Å²) in [5.74, 6) is 4.32. The number of ether oxygens (including phenoxy) is 6. The van der Waals surface area contributed by atoms with Gasteiger partial charge in [-0.25, -0.2) is 15.0 Å². The first-order valence-electron chi connectivity index (χ1n) is 51.1. The van der Waals surface area contributed by atoms with E-state index in [1.54, 1.807) is 18.2 Å². The zero-order chi connectivity index (χ0) is 95.9. The molecule has 16 aromatic rings. The van der Waals surface area contributed by atoms with Gasteiger partial charge in [0.05, 0.1) is 74.6 Å². The van der Waals surface area contributed by atoms with Crippen molar-refractivity contribution in [2.45, 2.75) is 275 Å². The number of fused-ring (bicyclic) bond motifs is 5. The summed E-state index contributed by atoms with van der Waals surface area (Å²) in [6, 6.07) is 74.7. The first-order valence-corrected chi connectivity index (χ1v) is 51.1. The highest BCUT2D eigenvalue weighted by Gasteiger charge is 2.26. The zero-order valence-corrected chi connectivity index (χ0v) is 82.8. The lowest BCUT2D eigenvalue weighted by Gasteiger charge is -2.17. The number of hydrogen-bond donors (Lipinski definition) is 3. The van der Waals surface area contributed by atoms with Crippen LogP contribution in [0, 0.1) is 17.8 Å². The average Bonchev–Trinajstić information content (AvgIpc) is 0.729. The van der Waals surface area contributed by atoms with Crippen LogP contribution in [0.25, 0.3) is 144 Å². The molecule has 0 saturated carbocycles. The Kier molecular flexibility index (Phi) is 37.2. The normalized spacial score (nSPS) is 13.0. The van der Waals surface area contributed by atoms with Gasteiger partial charge in [0, 0.05) is 16.7 Å². The molecule has 3 N–H and O–H groups in total. The first-order chi connectivity index (χ1) is 67.1. The molecule has 3 heterocycles. The van der Waals surface area contributed by atoms with Crippen LogP contribution < -0.4 is 14.2 Å². The highest BCUT2D eigenvalue weighted by atomic mass is 16.5. The molecule has 18 nitrogen and oxygen atoms in total. The summed E-state index contributed by atoms with van der Waals surface area (Å²) >= 11 is 0. The summed E-state index contributed by atoms with van der Waals surface area (Å²) in [5, 5.41) is 49.7. The molecule has 0 bridgehead atoms. The van der Waals surface area contributed by atoms with Crippen molar-refractivity contribution in [1.29, 1.82) is 0 Å². The van der Waals surface area contributed by atoms with Gasteiger partial charge in [0.25, 0.3) is 0 Å². The second kappa shape index (κ2) is 50.6. The van der Waals surface area contributed by atoms with Gasteiger partial charge < -0.3 is 43.7 Å². The van der Waals surface area contributed by atoms with Crippen molar-refractivity contribution in [2.75, 3.05) is 19.8 Å². The molecule has 6 atom stereocenters. The molecule has 13 aromatic carbocycles. The van der Waals surface area contributed by atoms with Crippen LogP contribution in [0.3, 0.4) is 0 Å². The lowest BCUT2D eigenvalue weighted by molar-refractivity contribution is 0.0311. The summed E-state index contributed by atoms with van der Waals surface area (Å²) in [7, 11) is 0. The van der Waals surface area contributed by atoms with E-state index in [0.29, 0.717) is 109 Å². The third kappa shape index (κ3) is 25.9. The molecular formula is C119H141N9O9. The second-order valence-electron chi connectivity index (χ2n) is 36.8. The third-order valence-electron chi connectivity index (χ3n) is 27.0. The van der Waals surface area contributed by atoms with Crippen LogP contribution in [0.2, 0.25) is 0 Å². The zero-order valence-electron chi connectivity index (χ0n) is 82.8. The Morgan fingerprint density at radius 3 is 0.949 bits per heavy atom. The van der Waals surface area contributed by atoms with E-state index in [1.807, 2.05) is 72.8 Å². The quantitative estimate of drug-likeness (QED) is 0.0238. The molecule has 0 saturated heterocycles. The highest BCUT2D eigenvalue weighted by Crippen LogP contribution is 2.44. The van der Waals surface area contributed by atoms with Crippen LogP contribution in [0.5, 0.6) is 35.3 Å². The molecular weight excluding hydrogens is 1700 g/mol. The summed E-state index contributed by atoms with van der Waals surface area (Å²) in [4.78, 5) is 43.8. The monoisotopic (exact) mass is 1840 g/mol. The summed E-state index contributed by atoms with van der Waals surface area (Å²) in [5.41, 5.74) is 7.09. The van der Waals surface area contributed by atoms with Crippen molar-refractivity contribution in [1.82, 2.24) is 44.9 Å². The van der Waals surface area contributed by atoms with E-state index in [0.717, 1.165) is 211 Å². The van der Waals surface area contributed by atoms with Gasteiger partial charge >= 0.3 is 18.0 Å². The average molecular weight is 1840 g/mol. The minimum Gasteiger partial charge on any atom is -0.507 e. The molecule has 0 aliphatic rings. The molecule has 716 valence electrons. The standard InChI is InChI=1S/C41H47N3O3.2C39H47N3O3/c1-5-9-12-27(7-3)25-47-41-43-39(34-23-20-31-18-17-29-13-11-14-30-19-22-33(34)38(31)37(29)30)42-40(44-41)35-21-16-28(24-36(35)45)26-46-32(8-4)15-10-6-2;1-5-9-15-27(7-3)25-45-39-41-37(34-22-21-28(23-35(34)43)26-44-31(8-4)18-10-6-2)40-38(42-39)36-32-19-13-11-16-29(32)24-30-17-12-14-20-33(30)36;1-5-9-15-27(7-3)25-45-39-41-37(34-22-21-28(23-36(34)43)26-44-30(8-4)17-10-6-2)40-38(42-39)35-24-29-16-11-12-18-31(29)32-19-13-14-20-33(32)35/h11,13-14,16-24,27,32,45H,5-10,12,15,25-26H2,1-4H3;11-14,16-17,19-24,27,31,43H,5-10,15,18,25-26H2,1-4H3;11-14,16,18-24,27,30,43H,5-10,15,17,25-26H2,1-4H3. The smallest absolute Gasteiger partial charge is 0.320 e. The van der Waals surface area contributed by atoms with Crippen LogP contribution in [0.1, 0.15) is 254 Å². The van der Waals surface area contributed by atoms with Crippen molar-refractivity contribution in [3.8, 4) is 104 Å². The number of benzene rings is 13. The first kappa shape index (κ1) is 101. The molecule has 6 unspecified atom stereocenters. The number of phenols is 3. The number of aromatic hydroxyl groups is 3. The van der Waals surface area contributed by atoms with Crippen molar-refractivity contribution >= 4 is 75.4 Å². The molecule has 16 rings (SSSR count). The van der Waals surface area contributed by atoms with Gasteiger partial charge in [0.1, 0.15) is 17.2 Å². The van der Waals surface area contributed by atoms with Crippen LogP contribution in [-0.4, -0.2) is 98.3 Å². The van der Waals surface area contributed by atoms with Gasteiger partial charge in [0.2, 0.25) is 0 Å². The minimum atomic E-state index is 0.109. The van der Waals surface area contributed by atoms with Gasteiger partial charge in [-0.15, -0.1) is 0 Å². The van der Waals surface area contributed by atoms with Crippen molar-refractivity contribution in [3.63, 3.8) is 0 Å². The molecule has 3 aromatic heterocycles. The number of rotatable bonds is 48. The van der Waals surface area contributed by atoms with Crippen LogP contribution in [0.4, 0.5) is 0 Å². The fraction of sp³-hybridized carbons (Fsp3) is 0.403. The molecule has 0 fully saturated rings. The molecule has 137 heavy (non-hydrogen) atoms. The maximum Gasteiger partial charge on any atom is 0.320 e. The van der Waals surface area contributed by atoms with Gasteiger partial charge in [-0.2, -0.15) is 29.9 Å². The Hall–Kier alpha value is -12.4. The molecule has 0 aliphatic carbocycles. The molecule has 18 heteroatoms. The topological polar surface area (TPSA) is 232 Å². The van der Waals surface area contributed by atoms with E-state index in [4.69, 9.17) is 73.3 Å². The van der Waals surface area contributed by atoms with Crippen molar-refractivity contribution in [2.24, 2.45) is 17.8 Å². The Labute approximate surface area is 810 Å². The molecule has 0 spiro atoms. The molecule has 0 radical (unpaired) electrons. The molecule has 0 amide bonds. The largest absolute Gasteiger partial charge is 0.507 e. The fourth-order valence-electron chi connectivity index (χ4n) is 18.4. The lowest BCUT2D eigenvalue weighted by Crippen LogP contribution is -2.13. The van der Waals surface area contributed by atoms with E-state index in [-0.39, 0.29) is 53.6 Å². The minimum absolute atomic E-state index is 0.109. The van der Waals surface area contributed by atoms with E-state index in [9.17, 15) is 15.3 Å². The van der Waals surface area contributed by atoms with E-state index in [1.165, 1.54) is 51.6 Å². The number of nitrogens with zero attached hydrogens (tertiary/aromatic N) is 9. The summed E-state index contributed by atoms with van der Waals surface area (Å²) < 4.78 is 37.5. The molecule has 0 aliphatic heterocycles. The van der Waals surface area contributed by atoms with Gasteiger partial charge in [-0.1, -0.05) is 343 Å². The Morgan fingerprint density at radius 2 is 0.555 bits per heavy atom. The number of phenolic OH excluding ortho intramolecular Hbond substituents is 3. The van der Waals surface area contributed by atoms with Gasteiger partial charge in [0.15, 0.2) is 34.9 Å². The highest BCUT2D eigenvalue weighted by molar-refractivity contribution is 6.25. The summed E-state index contributed by atoms with van der Waals surface area (Å²) in [6.45, 7) is 29.3. The maximum atomic E-state index is 11.3. The summed E-state index contributed by atoms with van der Waals surface area (Å²) in [6.07, 6.45) is 27.0. The van der Waals surface area contributed by atoms with Gasteiger partial charge in [-0.05, 0) is 222 Å². The van der Waals surface area contributed by atoms with E-state index >= 15 is 0 Å². The second-order valence-corrected chi connectivity index (χ2v) is 36.8. The van der Waals surface area contributed by atoms with Crippen LogP contribution in [0.15, 0.2) is 218 Å². The Morgan fingerprint density at radius 1 is 0.241 bits per heavy atom.